The minimum atomic E-state index is -4.52. The number of pyridine rings is 1. The zero-order valence-corrected chi connectivity index (χ0v) is 17.3. The maximum Gasteiger partial charge on any atom is 0.416 e. The molecular formula is C24H22F3N3O2. The number of hydrogen-bond donors (Lipinski definition) is 3. The van der Waals surface area contributed by atoms with E-state index in [0.29, 0.717) is 23.4 Å². The minimum absolute atomic E-state index is 0.0738. The zero-order chi connectivity index (χ0) is 22.9. The van der Waals surface area contributed by atoms with E-state index in [4.69, 9.17) is 0 Å². The van der Waals surface area contributed by atoms with E-state index in [9.17, 15) is 23.1 Å². The highest BCUT2D eigenvalue weighted by Crippen LogP contribution is 2.37. The second kappa shape index (κ2) is 8.63. The molecule has 1 atom stereocenters. The molecule has 8 heteroatoms. The van der Waals surface area contributed by atoms with Crippen molar-refractivity contribution < 1.29 is 23.1 Å². The molecule has 0 saturated carbocycles. The summed E-state index contributed by atoms with van der Waals surface area (Å²) in [6.07, 6.45) is -1.29. The second-order valence-corrected chi connectivity index (χ2v) is 7.83. The number of hydrogen-bond acceptors (Lipinski definition) is 4. The Balaban J connectivity index is 1.69. The molecule has 0 aliphatic heterocycles. The molecule has 166 valence electrons. The van der Waals surface area contributed by atoms with Crippen LogP contribution in [0.15, 0.2) is 54.7 Å². The Morgan fingerprint density at radius 3 is 2.69 bits per heavy atom. The molecule has 4 rings (SSSR count). The summed E-state index contributed by atoms with van der Waals surface area (Å²) in [4.78, 5) is 15.9. The number of halogens is 3. The van der Waals surface area contributed by atoms with Gasteiger partial charge in [-0.3, -0.25) is 4.79 Å². The molecular weight excluding hydrogens is 419 g/mol. The molecule has 0 spiro atoms. The summed E-state index contributed by atoms with van der Waals surface area (Å²) in [6, 6.07) is 12.5. The Bertz CT molecular complexity index is 1160. The molecule has 3 N–H and O–H groups in total. The van der Waals surface area contributed by atoms with Crippen LogP contribution in [0.25, 0.3) is 11.1 Å². The summed E-state index contributed by atoms with van der Waals surface area (Å²) < 4.78 is 39.5. The number of alkyl halides is 3. The molecule has 1 heterocycles. The Morgan fingerprint density at radius 1 is 1.12 bits per heavy atom. The van der Waals surface area contributed by atoms with Crippen molar-refractivity contribution in [2.45, 2.75) is 38.5 Å². The average molecular weight is 441 g/mol. The predicted molar refractivity (Wildman–Crippen MR) is 117 cm³/mol. The second-order valence-electron chi connectivity index (χ2n) is 7.83. The molecule has 1 unspecified atom stereocenters. The van der Waals surface area contributed by atoms with E-state index < -0.39 is 23.8 Å². The fourth-order valence-corrected chi connectivity index (χ4v) is 3.96. The Morgan fingerprint density at radius 2 is 1.94 bits per heavy atom. The van der Waals surface area contributed by atoms with Gasteiger partial charge in [0.1, 0.15) is 5.82 Å². The van der Waals surface area contributed by atoms with Gasteiger partial charge >= 0.3 is 6.18 Å². The SMILES string of the molecule is CC(=O)Nc1cc(C(F)(F)F)ccc1-c1ccnc(Nc2cccc3c2CC(O)CC3)c1. The summed E-state index contributed by atoms with van der Waals surface area (Å²) in [6.45, 7) is 1.25. The van der Waals surface area contributed by atoms with Crippen molar-refractivity contribution in [1.29, 1.82) is 0 Å². The van der Waals surface area contributed by atoms with Gasteiger partial charge in [-0.2, -0.15) is 13.2 Å². The number of benzene rings is 2. The molecule has 2 aromatic carbocycles. The number of aliphatic hydroxyl groups is 1. The van der Waals surface area contributed by atoms with E-state index in [1.165, 1.54) is 18.6 Å². The van der Waals surface area contributed by atoms with Crippen molar-refractivity contribution in [3.8, 4) is 11.1 Å². The lowest BCUT2D eigenvalue weighted by Gasteiger charge is -2.23. The van der Waals surface area contributed by atoms with Crippen LogP contribution >= 0.6 is 0 Å². The van der Waals surface area contributed by atoms with Gasteiger partial charge in [0, 0.05) is 36.5 Å². The first-order valence-corrected chi connectivity index (χ1v) is 10.2. The van der Waals surface area contributed by atoms with Crippen LogP contribution in [-0.4, -0.2) is 22.1 Å². The molecule has 0 radical (unpaired) electrons. The van der Waals surface area contributed by atoms with Gasteiger partial charge in [-0.1, -0.05) is 18.2 Å². The van der Waals surface area contributed by atoms with Crippen LogP contribution in [-0.2, 0) is 23.8 Å². The van der Waals surface area contributed by atoms with Gasteiger partial charge < -0.3 is 15.7 Å². The summed E-state index contributed by atoms with van der Waals surface area (Å²) in [5, 5.41) is 15.8. The Labute approximate surface area is 183 Å². The Hall–Kier alpha value is -3.39. The number of nitrogens with zero attached hydrogens (tertiary/aromatic N) is 1. The lowest BCUT2D eigenvalue weighted by Crippen LogP contribution is -2.19. The van der Waals surface area contributed by atoms with Crippen LogP contribution in [0.5, 0.6) is 0 Å². The number of amides is 1. The van der Waals surface area contributed by atoms with Gasteiger partial charge in [-0.15, -0.1) is 0 Å². The third kappa shape index (κ3) is 4.75. The average Bonchev–Trinajstić information content (AvgIpc) is 2.73. The number of aromatic nitrogens is 1. The number of rotatable bonds is 4. The first-order valence-electron chi connectivity index (χ1n) is 10.2. The summed E-state index contributed by atoms with van der Waals surface area (Å²) in [5.74, 6) is 0.0390. The van der Waals surface area contributed by atoms with Gasteiger partial charge in [0.25, 0.3) is 0 Å². The number of nitrogens with one attached hydrogen (secondary N) is 2. The van der Waals surface area contributed by atoms with E-state index in [1.54, 1.807) is 18.3 Å². The first kappa shape index (κ1) is 21.8. The molecule has 32 heavy (non-hydrogen) atoms. The topological polar surface area (TPSA) is 74.2 Å². The quantitative estimate of drug-likeness (QED) is 0.512. The number of aliphatic hydroxyl groups excluding tert-OH is 1. The molecule has 0 saturated heterocycles. The molecule has 3 aromatic rings. The lowest BCUT2D eigenvalue weighted by atomic mass is 9.88. The molecule has 1 aromatic heterocycles. The standard InChI is InChI=1S/C24H22F3N3O2/c1-14(31)29-22-12-17(24(25,26)27)6-8-19(22)16-9-10-28-23(11-16)30-21-4-2-3-15-5-7-18(32)13-20(15)21/h2-4,6,8-12,18,32H,5,7,13H2,1H3,(H,28,30)(H,29,31). The summed E-state index contributed by atoms with van der Waals surface area (Å²) in [5.41, 5.74) is 3.32. The third-order valence-electron chi connectivity index (χ3n) is 5.45. The number of carbonyl (C=O) groups excluding carboxylic acids is 1. The van der Waals surface area contributed by atoms with E-state index in [2.05, 4.69) is 15.6 Å². The molecule has 0 fully saturated rings. The van der Waals surface area contributed by atoms with Crippen LogP contribution in [0.4, 0.5) is 30.4 Å². The highest BCUT2D eigenvalue weighted by atomic mass is 19.4. The lowest BCUT2D eigenvalue weighted by molar-refractivity contribution is -0.137. The molecule has 5 nitrogen and oxygen atoms in total. The van der Waals surface area contributed by atoms with Crippen molar-refractivity contribution in [2.24, 2.45) is 0 Å². The zero-order valence-electron chi connectivity index (χ0n) is 17.3. The molecule has 1 aliphatic rings. The van der Waals surface area contributed by atoms with E-state index in [1.807, 2.05) is 18.2 Å². The smallest absolute Gasteiger partial charge is 0.393 e. The Kier molecular flexibility index (Phi) is 5.88. The van der Waals surface area contributed by atoms with Gasteiger partial charge in [0.15, 0.2) is 0 Å². The van der Waals surface area contributed by atoms with Crippen molar-refractivity contribution in [1.82, 2.24) is 4.98 Å². The number of aryl methyl sites for hydroxylation is 1. The molecule has 1 aliphatic carbocycles. The summed E-state index contributed by atoms with van der Waals surface area (Å²) >= 11 is 0. The monoisotopic (exact) mass is 441 g/mol. The number of anilines is 3. The number of carbonyl (C=O) groups is 1. The van der Waals surface area contributed by atoms with Crippen molar-refractivity contribution >= 4 is 23.1 Å². The van der Waals surface area contributed by atoms with Gasteiger partial charge in [-0.25, -0.2) is 4.98 Å². The maximum absolute atomic E-state index is 13.2. The number of fused-ring (bicyclic) bond motifs is 1. The van der Waals surface area contributed by atoms with Crippen LogP contribution in [0.3, 0.4) is 0 Å². The largest absolute Gasteiger partial charge is 0.416 e. The highest BCUT2D eigenvalue weighted by molar-refractivity contribution is 5.94. The van der Waals surface area contributed by atoms with Crippen LogP contribution in [0, 0.1) is 0 Å². The molecule has 0 bridgehead atoms. The van der Waals surface area contributed by atoms with Crippen LogP contribution in [0.2, 0.25) is 0 Å². The fourth-order valence-electron chi connectivity index (χ4n) is 3.96. The third-order valence-corrected chi connectivity index (χ3v) is 5.45. The van der Waals surface area contributed by atoms with Gasteiger partial charge in [0.05, 0.1) is 11.7 Å². The fraction of sp³-hybridized carbons (Fsp3) is 0.250. The van der Waals surface area contributed by atoms with Crippen LogP contribution in [0.1, 0.15) is 30.0 Å². The maximum atomic E-state index is 13.2. The van der Waals surface area contributed by atoms with E-state index >= 15 is 0 Å². The minimum Gasteiger partial charge on any atom is -0.393 e. The highest BCUT2D eigenvalue weighted by Gasteiger charge is 2.31. The van der Waals surface area contributed by atoms with Crippen molar-refractivity contribution in [3.63, 3.8) is 0 Å². The van der Waals surface area contributed by atoms with Crippen molar-refractivity contribution in [2.75, 3.05) is 10.6 Å². The predicted octanol–water partition coefficient (Wildman–Crippen LogP) is 5.32. The first-order chi connectivity index (χ1) is 15.2. The van der Waals surface area contributed by atoms with E-state index in [-0.39, 0.29) is 5.69 Å². The van der Waals surface area contributed by atoms with Crippen molar-refractivity contribution in [3.05, 3.63) is 71.4 Å². The van der Waals surface area contributed by atoms with E-state index in [0.717, 1.165) is 36.2 Å². The van der Waals surface area contributed by atoms with Gasteiger partial charge in [0.2, 0.25) is 5.91 Å². The molecule has 1 amide bonds. The van der Waals surface area contributed by atoms with Gasteiger partial charge in [-0.05, 0) is 59.9 Å². The van der Waals surface area contributed by atoms with Crippen LogP contribution < -0.4 is 10.6 Å². The summed E-state index contributed by atoms with van der Waals surface area (Å²) in [7, 11) is 0. The normalized spacial score (nSPS) is 15.7.